The summed E-state index contributed by atoms with van der Waals surface area (Å²) < 4.78 is 0. The van der Waals surface area contributed by atoms with Crippen LogP contribution in [0.3, 0.4) is 0 Å². The maximum atomic E-state index is 11.7. The smallest absolute Gasteiger partial charge is 0.236 e. The van der Waals surface area contributed by atoms with Crippen LogP contribution in [0.1, 0.15) is 12.8 Å². The highest BCUT2D eigenvalue weighted by atomic mass is 35.5. The highest BCUT2D eigenvalue weighted by molar-refractivity contribution is 6.32. The van der Waals surface area contributed by atoms with Crippen LogP contribution >= 0.6 is 11.6 Å². The van der Waals surface area contributed by atoms with Crippen LogP contribution in [0.5, 0.6) is 0 Å². The summed E-state index contributed by atoms with van der Waals surface area (Å²) in [6.07, 6.45) is 1.79. The number of anilines is 1. The molecule has 1 aliphatic rings. The monoisotopic (exact) mass is 382 g/mol. The maximum absolute atomic E-state index is 11.7. The van der Waals surface area contributed by atoms with Gasteiger partial charge in [-0.1, -0.05) is 41.9 Å². The van der Waals surface area contributed by atoms with E-state index in [1.807, 2.05) is 35.2 Å². The van der Waals surface area contributed by atoms with Gasteiger partial charge in [-0.05, 0) is 36.6 Å². The first kappa shape index (κ1) is 17.9. The zero-order chi connectivity index (χ0) is 18.8. The van der Waals surface area contributed by atoms with Crippen LogP contribution in [-0.4, -0.2) is 41.5 Å². The van der Waals surface area contributed by atoms with Gasteiger partial charge in [0.05, 0.1) is 17.7 Å². The van der Waals surface area contributed by atoms with E-state index < -0.39 is 0 Å². The highest BCUT2D eigenvalue weighted by Gasteiger charge is 2.22. The van der Waals surface area contributed by atoms with Gasteiger partial charge in [0.2, 0.25) is 5.91 Å². The number of nitrogens with one attached hydrogen (secondary N) is 2. The van der Waals surface area contributed by atoms with E-state index in [1.54, 1.807) is 0 Å². The van der Waals surface area contributed by atoms with Crippen molar-refractivity contribution in [3.05, 3.63) is 53.6 Å². The molecule has 1 saturated heterocycles. The van der Waals surface area contributed by atoms with E-state index in [0.29, 0.717) is 11.1 Å². The number of aromatic nitrogens is 1. The SMILES string of the molecule is NCC(=O)N1CCC(Nc2cc(Cl)cc3cc(-c4ccccc4)[nH]c23)CC1. The Hall–Kier alpha value is -2.50. The number of halogens is 1. The lowest BCUT2D eigenvalue weighted by atomic mass is 10.0. The Morgan fingerprint density at radius 3 is 2.63 bits per heavy atom. The largest absolute Gasteiger partial charge is 0.380 e. The summed E-state index contributed by atoms with van der Waals surface area (Å²) in [5.41, 5.74) is 9.73. The number of rotatable bonds is 4. The van der Waals surface area contributed by atoms with Crippen LogP contribution in [-0.2, 0) is 4.79 Å². The molecule has 3 aromatic rings. The number of hydrogen-bond donors (Lipinski definition) is 3. The Bertz CT molecular complexity index is 945. The second-order valence-electron chi connectivity index (χ2n) is 6.97. The normalized spacial score (nSPS) is 15.3. The average molecular weight is 383 g/mol. The molecule has 0 atom stereocenters. The van der Waals surface area contributed by atoms with Crippen molar-refractivity contribution >= 4 is 34.1 Å². The second kappa shape index (κ2) is 7.62. The number of nitrogens with zero attached hydrogens (tertiary/aromatic N) is 1. The van der Waals surface area contributed by atoms with Crippen molar-refractivity contribution in [3.8, 4) is 11.3 Å². The quantitative estimate of drug-likeness (QED) is 0.641. The number of fused-ring (bicyclic) bond motifs is 1. The minimum absolute atomic E-state index is 0.0236. The van der Waals surface area contributed by atoms with Gasteiger partial charge in [0.15, 0.2) is 0 Å². The zero-order valence-corrected chi connectivity index (χ0v) is 15.8. The molecule has 0 unspecified atom stereocenters. The molecule has 0 radical (unpaired) electrons. The fraction of sp³-hybridized carbons (Fsp3) is 0.286. The molecule has 27 heavy (non-hydrogen) atoms. The van der Waals surface area contributed by atoms with Crippen molar-refractivity contribution < 1.29 is 4.79 Å². The first-order chi connectivity index (χ1) is 13.1. The first-order valence-corrected chi connectivity index (χ1v) is 9.64. The summed E-state index contributed by atoms with van der Waals surface area (Å²) in [7, 11) is 0. The predicted octanol–water partition coefficient (Wildman–Crippen LogP) is 3.85. The summed E-state index contributed by atoms with van der Waals surface area (Å²) >= 11 is 6.36. The number of hydrogen-bond acceptors (Lipinski definition) is 3. The average Bonchev–Trinajstić information content (AvgIpc) is 3.13. The molecule has 0 saturated carbocycles. The van der Waals surface area contributed by atoms with Gasteiger partial charge < -0.3 is 20.9 Å². The van der Waals surface area contributed by atoms with Gasteiger partial charge in [-0.25, -0.2) is 0 Å². The number of H-pyrrole nitrogens is 1. The van der Waals surface area contributed by atoms with Crippen molar-refractivity contribution in [1.82, 2.24) is 9.88 Å². The lowest BCUT2D eigenvalue weighted by Gasteiger charge is -2.32. The molecule has 5 nitrogen and oxygen atoms in total. The molecule has 2 aromatic carbocycles. The van der Waals surface area contributed by atoms with E-state index in [4.69, 9.17) is 17.3 Å². The molecular formula is C21H23ClN4O. The third kappa shape index (κ3) is 3.80. The van der Waals surface area contributed by atoms with Crippen LogP contribution in [0.2, 0.25) is 5.02 Å². The van der Waals surface area contributed by atoms with Gasteiger partial charge >= 0.3 is 0 Å². The Morgan fingerprint density at radius 1 is 1.19 bits per heavy atom. The number of aromatic amines is 1. The summed E-state index contributed by atoms with van der Waals surface area (Å²) in [6.45, 7) is 1.55. The molecule has 1 amide bonds. The van der Waals surface area contributed by atoms with Gasteiger partial charge in [0.25, 0.3) is 0 Å². The molecule has 0 spiro atoms. The number of piperidine rings is 1. The third-order valence-electron chi connectivity index (χ3n) is 5.16. The zero-order valence-electron chi connectivity index (χ0n) is 15.0. The van der Waals surface area contributed by atoms with Gasteiger partial charge in [0, 0.05) is 35.2 Å². The lowest BCUT2D eigenvalue weighted by Crippen LogP contribution is -2.44. The van der Waals surface area contributed by atoms with Crippen LogP contribution < -0.4 is 11.1 Å². The Kier molecular flexibility index (Phi) is 5.05. The van der Waals surface area contributed by atoms with E-state index in [0.717, 1.165) is 53.8 Å². The number of likely N-dealkylation sites (tertiary alicyclic amines) is 1. The number of amides is 1. The summed E-state index contributed by atoms with van der Waals surface area (Å²) in [6, 6.07) is 16.6. The molecule has 4 N–H and O–H groups in total. The second-order valence-corrected chi connectivity index (χ2v) is 7.41. The maximum Gasteiger partial charge on any atom is 0.236 e. The number of benzene rings is 2. The molecule has 2 heterocycles. The van der Waals surface area contributed by atoms with Gasteiger partial charge in [-0.2, -0.15) is 0 Å². The van der Waals surface area contributed by atoms with E-state index in [9.17, 15) is 4.79 Å². The third-order valence-corrected chi connectivity index (χ3v) is 5.38. The molecule has 1 fully saturated rings. The van der Waals surface area contributed by atoms with Crippen LogP contribution in [0, 0.1) is 0 Å². The lowest BCUT2D eigenvalue weighted by molar-refractivity contribution is -0.130. The van der Waals surface area contributed by atoms with Crippen molar-refractivity contribution in [2.75, 3.05) is 25.0 Å². The molecular weight excluding hydrogens is 360 g/mol. The van der Waals surface area contributed by atoms with Crippen molar-refractivity contribution in [3.63, 3.8) is 0 Å². The highest BCUT2D eigenvalue weighted by Crippen LogP contribution is 2.33. The van der Waals surface area contributed by atoms with Crippen molar-refractivity contribution in [2.24, 2.45) is 5.73 Å². The topological polar surface area (TPSA) is 74.2 Å². The first-order valence-electron chi connectivity index (χ1n) is 9.26. The minimum atomic E-state index is 0.0236. The standard InChI is InChI=1S/C21H23ClN4O/c22-16-10-15-11-18(14-4-2-1-3-5-14)25-21(15)19(12-16)24-17-6-8-26(9-7-17)20(27)13-23/h1-5,10-12,17,24-25H,6-9,13,23H2. The minimum Gasteiger partial charge on any atom is -0.380 e. The van der Waals surface area contributed by atoms with Crippen LogP contribution in [0.15, 0.2) is 48.5 Å². The fourth-order valence-electron chi connectivity index (χ4n) is 3.72. The van der Waals surface area contributed by atoms with Crippen molar-refractivity contribution in [2.45, 2.75) is 18.9 Å². The number of carbonyl (C=O) groups is 1. The predicted molar refractivity (Wildman–Crippen MR) is 111 cm³/mol. The molecule has 6 heteroatoms. The van der Waals surface area contributed by atoms with Crippen LogP contribution in [0.25, 0.3) is 22.2 Å². The molecule has 140 valence electrons. The summed E-state index contributed by atoms with van der Waals surface area (Å²) in [5, 5.41) is 5.41. The Labute approximate surface area is 163 Å². The van der Waals surface area contributed by atoms with E-state index in [1.165, 1.54) is 0 Å². The fourth-order valence-corrected chi connectivity index (χ4v) is 3.94. The summed E-state index contributed by atoms with van der Waals surface area (Å²) in [4.78, 5) is 17.1. The van der Waals surface area contributed by atoms with E-state index in [-0.39, 0.29) is 12.5 Å². The summed E-state index contributed by atoms with van der Waals surface area (Å²) in [5.74, 6) is 0.0236. The van der Waals surface area contributed by atoms with Gasteiger partial charge in [-0.15, -0.1) is 0 Å². The molecule has 0 aliphatic carbocycles. The molecule has 0 bridgehead atoms. The Morgan fingerprint density at radius 2 is 1.93 bits per heavy atom. The molecule has 1 aromatic heterocycles. The van der Waals surface area contributed by atoms with Gasteiger partial charge in [0.1, 0.15) is 0 Å². The van der Waals surface area contributed by atoms with Crippen LogP contribution in [0.4, 0.5) is 5.69 Å². The molecule has 1 aliphatic heterocycles. The van der Waals surface area contributed by atoms with E-state index >= 15 is 0 Å². The molecule has 4 rings (SSSR count). The number of carbonyl (C=O) groups excluding carboxylic acids is 1. The van der Waals surface area contributed by atoms with Gasteiger partial charge in [-0.3, -0.25) is 4.79 Å². The van der Waals surface area contributed by atoms with Crippen molar-refractivity contribution in [1.29, 1.82) is 0 Å². The number of nitrogens with two attached hydrogens (primary N) is 1. The Balaban J connectivity index is 1.57. The van der Waals surface area contributed by atoms with E-state index in [2.05, 4.69) is 28.5 Å².